The van der Waals surface area contributed by atoms with Crippen molar-refractivity contribution in [2.45, 2.75) is 33.3 Å². The Kier molecular flexibility index (Phi) is 6.11. The lowest BCUT2D eigenvalue weighted by Crippen LogP contribution is -2.35. The van der Waals surface area contributed by atoms with Gasteiger partial charge in [0.25, 0.3) is 0 Å². The second kappa shape index (κ2) is 8.95. The van der Waals surface area contributed by atoms with Crippen molar-refractivity contribution in [3.8, 4) is 11.8 Å². The largest absolute Gasteiger partial charge is 0.459 e. The molecule has 4 rings (SSSR count). The molecular weight excluding hydrogens is 388 g/mol. The van der Waals surface area contributed by atoms with Gasteiger partial charge in [-0.1, -0.05) is 44.2 Å². The zero-order valence-electron chi connectivity index (χ0n) is 18.2. The summed E-state index contributed by atoms with van der Waals surface area (Å²) < 4.78 is 13.5. The number of nitriles is 1. The number of carbonyl (C=O) groups is 1. The minimum absolute atomic E-state index is 0.206. The van der Waals surface area contributed by atoms with Crippen molar-refractivity contribution in [1.82, 2.24) is 4.57 Å². The van der Waals surface area contributed by atoms with E-state index >= 15 is 0 Å². The number of esters is 1. The van der Waals surface area contributed by atoms with Crippen LogP contribution in [0.5, 0.6) is 0 Å². The summed E-state index contributed by atoms with van der Waals surface area (Å²) in [6.45, 7) is 7.94. The van der Waals surface area contributed by atoms with E-state index in [0.717, 1.165) is 36.2 Å². The lowest BCUT2D eigenvalue weighted by atomic mass is 9.80. The Labute approximate surface area is 183 Å². The van der Waals surface area contributed by atoms with Crippen molar-refractivity contribution in [3.05, 3.63) is 65.9 Å². The van der Waals surface area contributed by atoms with Crippen LogP contribution >= 0.6 is 0 Å². The average molecular weight is 417 g/mol. The molecule has 0 bridgehead atoms. The summed E-state index contributed by atoms with van der Waals surface area (Å²) in [6.07, 6.45) is 2.36. The SMILES string of the molecule is CC(CC1COCC(C)[C@@H]1C)OC(=O)c1cn(-c2ccccc2C#N)c2ccccc12. The first-order valence-corrected chi connectivity index (χ1v) is 10.9. The van der Waals surface area contributed by atoms with Crippen LogP contribution in [0.3, 0.4) is 0 Å². The molecular formula is C26H28N2O3. The third-order valence-electron chi connectivity index (χ3n) is 6.51. The molecule has 2 aromatic carbocycles. The maximum Gasteiger partial charge on any atom is 0.340 e. The van der Waals surface area contributed by atoms with Crippen LogP contribution in [0.4, 0.5) is 0 Å². The van der Waals surface area contributed by atoms with E-state index < -0.39 is 0 Å². The van der Waals surface area contributed by atoms with Crippen molar-refractivity contribution in [3.63, 3.8) is 0 Å². The first-order valence-electron chi connectivity index (χ1n) is 10.9. The minimum Gasteiger partial charge on any atom is -0.459 e. The lowest BCUT2D eigenvalue weighted by Gasteiger charge is -2.35. The molecule has 1 aromatic heterocycles. The molecule has 1 aliphatic rings. The smallest absolute Gasteiger partial charge is 0.340 e. The monoisotopic (exact) mass is 416 g/mol. The van der Waals surface area contributed by atoms with Crippen LogP contribution in [-0.4, -0.2) is 29.9 Å². The second-order valence-electron chi connectivity index (χ2n) is 8.64. The maximum absolute atomic E-state index is 13.1. The molecule has 5 nitrogen and oxygen atoms in total. The topological polar surface area (TPSA) is 64.2 Å². The molecule has 0 N–H and O–H groups in total. The Morgan fingerprint density at radius 3 is 2.74 bits per heavy atom. The van der Waals surface area contributed by atoms with Crippen LogP contribution in [0.2, 0.25) is 0 Å². The van der Waals surface area contributed by atoms with Gasteiger partial charge in [0, 0.05) is 24.8 Å². The van der Waals surface area contributed by atoms with Crippen LogP contribution in [0.25, 0.3) is 16.6 Å². The zero-order valence-corrected chi connectivity index (χ0v) is 18.2. The standard InChI is InChI=1S/C26H28N2O3/c1-17-15-30-16-21(19(17)3)12-18(2)31-26(29)23-14-28(25-11-7-5-9-22(23)25)24-10-6-4-8-20(24)13-27/h4-11,14,17-19,21H,12,15-16H2,1-3H3/t17?,18?,19-,21?/m0/s1. The zero-order chi connectivity index (χ0) is 22.0. The maximum atomic E-state index is 13.1. The fourth-order valence-corrected chi connectivity index (χ4v) is 4.50. The Morgan fingerprint density at radius 2 is 1.94 bits per heavy atom. The number of hydrogen-bond donors (Lipinski definition) is 0. The minimum atomic E-state index is -0.339. The average Bonchev–Trinajstić information content (AvgIpc) is 3.16. The highest BCUT2D eigenvalue weighted by Crippen LogP contribution is 2.31. The van der Waals surface area contributed by atoms with Crippen LogP contribution in [0, 0.1) is 29.1 Å². The molecule has 31 heavy (non-hydrogen) atoms. The van der Waals surface area contributed by atoms with E-state index in [9.17, 15) is 10.1 Å². The number of fused-ring (bicyclic) bond motifs is 1. The van der Waals surface area contributed by atoms with E-state index in [-0.39, 0.29) is 12.1 Å². The molecule has 0 saturated carbocycles. The van der Waals surface area contributed by atoms with E-state index in [1.807, 2.05) is 54.0 Å². The molecule has 1 saturated heterocycles. The van der Waals surface area contributed by atoms with E-state index in [1.165, 1.54) is 0 Å². The molecule has 4 atom stereocenters. The quantitative estimate of drug-likeness (QED) is 0.526. The molecule has 1 aliphatic heterocycles. The van der Waals surface area contributed by atoms with Gasteiger partial charge in [-0.05, 0) is 49.3 Å². The molecule has 3 unspecified atom stereocenters. The third-order valence-corrected chi connectivity index (χ3v) is 6.51. The van der Waals surface area contributed by atoms with Crippen molar-refractivity contribution in [2.24, 2.45) is 17.8 Å². The van der Waals surface area contributed by atoms with Gasteiger partial charge in [0.15, 0.2) is 0 Å². The highest BCUT2D eigenvalue weighted by atomic mass is 16.5. The Bertz CT molecular complexity index is 1130. The predicted octanol–water partition coefficient (Wildman–Crippen LogP) is 5.36. The van der Waals surface area contributed by atoms with Gasteiger partial charge < -0.3 is 14.0 Å². The van der Waals surface area contributed by atoms with Gasteiger partial charge in [0.1, 0.15) is 6.07 Å². The summed E-state index contributed by atoms with van der Waals surface area (Å²) in [7, 11) is 0. The number of aromatic nitrogens is 1. The van der Waals surface area contributed by atoms with Crippen LogP contribution in [-0.2, 0) is 9.47 Å². The van der Waals surface area contributed by atoms with E-state index in [4.69, 9.17) is 9.47 Å². The first kappa shape index (κ1) is 21.1. The Morgan fingerprint density at radius 1 is 1.19 bits per heavy atom. The summed E-state index contributed by atoms with van der Waals surface area (Å²) in [5.41, 5.74) is 2.68. The molecule has 2 heterocycles. The highest BCUT2D eigenvalue weighted by molar-refractivity contribution is 6.05. The molecule has 3 aromatic rings. The summed E-state index contributed by atoms with van der Waals surface area (Å²) in [6, 6.07) is 17.3. The predicted molar refractivity (Wildman–Crippen MR) is 120 cm³/mol. The fraction of sp³-hybridized carbons (Fsp3) is 0.385. The number of nitrogens with zero attached hydrogens (tertiary/aromatic N) is 2. The van der Waals surface area contributed by atoms with Gasteiger partial charge >= 0.3 is 5.97 Å². The summed E-state index contributed by atoms with van der Waals surface area (Å²) in [5.74, 6) is 1.10. The van der Waals surface area contributed by atoms with E-state index in [0.29, 0.717) is 28.9 Å². The molecule has 0 spiro atoms. The number of benzene rings is 2. The Hall–Kier alpha value is -3.10. The van der Waals surface area contributed by atoms with Gasteiger partial charge in [-0.25, -0.2) is 4.79 Å². The van der Waals surface area contributed by atoms with Gasteiger partial charge in [-0.15, -0.1) is 0 Å². The second-order valence-corrected chi connectivity index (χ2v) is 8.64. The highest BCUT2D eigenvalue weighted by Gasteiger charge is 2.30. The summed E-state index contributed by atoms with van der Waals surface area (Å²) >= 11 is 0. The van der Waals surface area contributed by atoms with Gasteiger partial charge in [0.05, 0.1) is 28.4 Å². The first-order chi connectivity index (χ1) is 15.0. The number of rotatable bonds is 5. The van der Waals surface area contributed by atoms with Crippen LogP contribution < -0.4 is 0 Å². The van der Waals surface area contributed by atoms with E-state index in [1.54, 1.807) is 12.3 Å². The number of para-hydroxylation sites is 2. The number of hydrogen-bond acceptors (Lipinski definition) is 4. The normalized spacial score (nSPS) is 22.1. The van der Waals surface area contributed by atoms with Crippen LogP contribution in [0.15, 0.2) is 54.7 Å². The Balaban J connectivity index is 1.60. The fourth-order valence-electron chi connectivity index (χ4n) is 4.50. The molecule has 1 fully saturated rings. The molecule has 0 aliphatic carbocycles. The molecule has 5 heteroatoms. The van der Waals surface area contributed by atoms with Gasteiger partial charge in [-0.2, -0.15) is 5.26 Å². The number of carbonyl (C=O) groups excluding carboxylic acids is 1. The van der Waals surface area contributed by atoms with Crippen molar-refractivity contribution in [1.29, 1.82) is 5.26 Å². The lowest BCUT2D eigenvalue weighted by molar-refractivity contribution is -0.0366. The van der Waals surface area contributed by atoms with Gasteiger partial charge in [-0.3, -0.25) is 0 Å². The van der Waals surface area contributed by atoms with Crippen molar-refractivity contribution in [2.75, 3.05) is 13.2 Å². The van der Waals surface area contributed by atoms with Crippen molar-refractivity contribution >= 4 is 16.9 Å². The van der Waals surface area contributed by atoms with Crippen LogP contribution in [0.1, 0.15) is 43.1 Å². The van der Waals surface area contributed by atoms with E-state index in [2.05, 4.69) is 19.9 Å². The van der Waals surface area contributed by atoms with Gasteiger partial charge in [0.2, 0.25) is 0 Å². The van der Waals surface area contributed by atoms with Crippen molar-refractivity contribution < 1.29 is 14.3 Å². The summed E-state index contributed by atoms with van der Waals surface area (Å²) in [5, 5.41) is 10.3. The molecule has 160 valence electrons. The summed E-state index contributed by atoms with van der Waals surface area (Å²) in [4.78, 5) is 13.1. The number of ether oxygens (including phenoxy) is 2. The third kappa shape index (κ3) is 4.22. The molecule has 0 amide bonds. The molecule has 0 radical (unpaired) electrons.